The standard InChI is InChI=1S/3C24H31FN6O4S/c3*1-3-8-36-24-27-22(26-16-10-14(16)13-5-4-12(2)15(25)9-13)19-23(28-24)31(30-29-19)17-11-18(35-7-6-32)21(34)20(17)33/h3*4-5,9,14,16-18,20-21,32-34H,3,6-8,10-11H2,1-2H3,(H,26,27,28)/t3*14-,16+,17+,18-,20-,21+/m000/s1/i4D,5D,6D2,7D2,9D,14D;4D,5D,7D2,9D,14D;4D,5D,6D2,9D,14D. The number of anilines is 3. The lowest BCUT2D eigenvalue weighted by molar-refractivity contribution is -0.0629. The highest BCUT2D eigenvalue weighted by Gasteiger charge is 2.49. The molecule has 0 saturated heterocycles. The van der Waals surface area contributed by atoms with E-state index in [1.807, 2.05) is 20.8 Å². The number of aliphatic hydroxyl groups is 9. The van der Waals surface area contributed by atoms with Gasteiger partial charge in [-0.25, -0.2) is 57.1 Å². The van der Waals surface area contributed by atoms with E-state index in [1.54, 1.807) is 0 Å². The lowest BCUT2D eigenvalue weighted by Gasteiger charge is -2.17. The number of fused-ring (bicyclic) bond motifs is 3. The molecule has 0 spiro atoms. The molecule has 18 atom stereocenters. The number of aliphatic hydroxyl groups excluding tert-OH is 7. The Bertz CT molecular complexity index is 5620. The van der Waals surface area contributed by atoms with E-state index in [2.05, 4.69) is 76.8 Å². The summed E-state index contributed by atoms with van der Waals surface area (Å²) in [6.45, 7) is -3.41. The van der Waals surface area contributed by atoms with Crippen LogP contribution in [0.2, 0.25) is 0 Å². The van der Waals surface area contributed by atoms with Gasteiger partial charge in [-0.3, -0.25) is 0 Å². The highest BCUT2D eigenvalue weighted by molar-refractivity contribution is 7.99. The minimum absolute atomic E-state index is 0.0204. The molecule has 6 saturated carbocycles. The van der Waals surface area contributed by atoms with Crippen LogP contribution in [0.5, 0.6) is 0 Å². The Kier molecular flexibility index (Phi) is 18.5. The van der Waals surface area contributed by atoms with E-state index in [1.165, 1.54) is 70.1 Å². The zero-order valence-corrected chi connectivity index (χ0v) is 61.3. The molecule has 0 bridgehead atoms. The van der Waals surface area contributed by atoms with Crippen molar-refractivity contribution in [3.63, 3.8) is 0 Å². The molecule has 108 heavy (non-hydrogen) atoms. The first-order valence-corrected chi connectivity index (χ1v) is 37.8. The molecule has 0 amide bonds. The molecule has 6 aliphatic rings. The van der Waals surface area contributed by atoms with Gasteiger partial charge >= 0.3 is 0 Å². The molecular weight excluding hydrogens is 1460 g/mol. The van der Waals surface area contributed by atoms with Gasteiger partial charge in [0.05, 0.1) is 99.2 Å². The highest BCUT2D eigenvalue weighted by atomic mass is 32.2. The van der Waals surface area contributed by atoms with Gasteiger partial charge in [0.15, 0.2) is 66.4 Å². The molecule has 582 valence electrons. The molecule has 6 aliphatic carbocycles. The number of rotatable bonds is 30. The van der Waals surface area contributed by atoms with E-state index in [0.717, 1.165) is 19.3 Å². The number of thioether (sulfide) groups is 3. The summed E-state index contributed by atoms with van der Waals surface area (Å²) >= 11 is 4.00. The maximum atomic E-state index is 14.7. The molecule has 0 radical (unpaired) electrons. The average molecular weight is 1580 g/mol. The second kappa shape index (κ2) is 35.1. The summed E-state index contributed by atoms with van der Waals surface area (Å²) in [4.78, 5) is 27.3. The molecule has 9 aromatic rings. The highest BCUT2D eigenvalue weighted by Crippen LogP contribution is 2.48. The summed E-state index contributed by atoms with van der Waals surface area (Å²) in [6, 6.07) is -8.95. The van der Waals surface area contributed by atoms with Crippen LogP contribution in [0, 0.1) is 38.2 Å². The monoisotopic (exact) mass is 1570 g/mol. The Hall–Kier alpha value is -7.14. The lowest BCUT2D eigenvalue weighted by atomic mass is 10.1. The fraction of sp³-hybridized carbons (Fsp3) is 0.583. The zero-order valence-electron chi connectivity index (χ0n) is 78.9. The lowest BCUT2D eigenvalue weighted by Crippen LogP contribution is -2.33. The van der Waals surface area contributed by atoms with E-state index in [4.69, 9.17) is 41.6 Å². The molecule has 0 unspecified atom stereocenters. The number of ether oxygens (including phenoxy) is 3. The van der Waals surface area contributed by atoms with Crippen molar-refractivity contribution in [2.24, 2.45) is 0 Å². The Balaban J connectivity index is 0.000000164. The first-order valence-electron chi connectivity index (χ1n) is 44.8. The second-order valence-electron chi connectivity index (χ2n) is 26.3. The fourth-order valence-corrected chi connectivity index (χ4v) is 14.7. The van der Waals surface area contributed by atoms with Crippen molar-refractivity contribution in [3.05, 3.63) is 105 Å². The van der Waals surface area contributed by atoms with E-state index >= 15 is 0 Å². The molecule has 12 N–H and O–H groups in total. The van der Waals surface area contributed by atoms with Crippen molar-refractivity contribution in [3.8, 4) is 0 Å². The minimum Gasteiger partial charge on any atom is -0.394 e. The number of benzene rings is 3. The first-order chi connectivity index (χ1) is 59.8. The van der Waals surface area contributed by atoms with Crippen LogP contribution in [0.1, 0.15) is 175 Å². The molecule has 15 rings (SSSR count). The SMILES string of the molecule is [2H]c1c([2H])c([C@]2([2H])C[C@H]2Nc2nc(SCCC)nc3c2nnn3[C@@H]2C[C@H](OC([2H])([2H])C([2H])([2H])O)[C@@H](O)[C@H]2O)c([2H])c(F)c1C.[2H]c1c([2H])c([C@]2([2H])C[C@H]2Nc2nc(SCCC)nc3c2nnn3[C@@H]2C[C@H](OC([2H])([2H])CO)[C@@H](O)[C@H]2O)c([2H])c(F)c1C.[2H]c1c([2H])c([C@]2([2H])C[C@H]2Nc2nc(SCCC)nc3c2nnn3[C@@H]2C[C@H](OCC([2H])([2H])O)[C@@H](O)[C@H]2O)c([2H])c(F)c1C. The predicted octanol–water partition coefficient (Wildman–Crippen LogP) is 6.55. The molecule has 6 aromatic heterocycles. The summed E-state index contributed by atoms with van der Waals surface area (Å²) in [5.74, 6) is -5.01. The fourth-order valence-electron chi connectivity index (χ4n) is 12.6. The van der Waals surface area contributed by atoms with Crippen LogP contribution in [0.3, 0.4) is 0 Å². The quantitative estimate of drug-likeness (QED) is 0.0168. The van der Waals surface area contributed by atoms with Crippen LogP contribution in [-0.2, 0) is 14.2 Å². The maximum Gasteiger partial charge on any atom is 0.191 e. The third kappa shape index (κ3) is 17.5. The van der Waals surface area contributed by atoms with Gasteiger partial charge < -0.3 is 76.1 Å². The van der Waals surface area contributed by atoms with Crippen LogP contribution in [-0.4, -0.2) is 251 Å². The maximum absolute atomic E-state index is 14.7. The van der Waals surface area contributed by atoms with E-state index in [0.29, 0.717) is 27.6 Å². The van der Waals surface area contributed by atoms with Gasteiger partial charge in [-0.05, 0) is 111 Å². The number of aromatic nitrogens is 15. The summed E-state index contributed by atoms with van der Waals surface area (Å²) in [5.41, 5.74) is 0.0741. The normalized spacial score (nSPS) is 32.9. The van der Waals surface area contributed by atoms with Gasteiger partial charge in [0.1, 0.15) is 54.1 Å². The molecule has 6 heterocycles. The summed E-state index contributed by atoms with van der Waals surface area (Å²) < 4.78 is 224. The van der Waals surface area contributed by atoms with Crippen LogP contribution in [0.15, 0.2) is 69.9 Å². The van der Waals surface area contributed by atoms with Crippen molar-refractivity contribution in [1.29, 1.82) is 0 Å². The smallest absolute Gasteiger partial charge is 0.191 e. The van der Waals surface area contributed by atoms with Gasteiger partial charge in [-0.2, -0.15) is 0 Å². The summed E-state index contributed by atoms with van der Waals surface area (Å²) in [7, 11) is 0. The Labute approximate surface area is 661 Å². The molecule has 0 aliphatic heterocycles. The van der Waals surface area contributed by atoms with Gasteiger partial charge in [0, 0.05) is 76.4 Å². The number of nitrogens with zero attached hydrogens (tertiary/aromatic N) is 15. The third-order valence-electron chi connectivity index (χ3n) is 18.6. The van der Waals surface area contributed by atoms with Crippen molar-refractivity contribution in [1.82, 2.24) is 74.9 Å². The van der Waals surface area contributed by atoms with Gasteiger partial charge in [-0.1, -0.05) is 108 Å². The Morgan fingerprint density at radius 2 is 0.787 bits per heavy atom. The van der Waals surface area contributed by atoms with Gasteiger partial charge in [-0.15, -0.1) is 15.3 Å². The second-order valence-corrected chi connectivity index (χ2v) is 29.4. The van der Waals surface area contributed by atoms with E-state index in [9.17, 15) is 59.1 Å². The number of nitrogens with one attached hydrogen (secondary N) is 3. The molecular formula is C72H93F3N18O12S3. The summed E-state index contributed by atoms with van der Waals surface area (Å²) in [6.07, 6.45) is -10.0. The molecule has 6 fully saturated rings. The topological polar surface area (TPSA) is 415 Å². The predicted molar refractivity (Wildman–Crippen MR) is 398 cm³/mol. The van der Waals surface area contributed by atoms with Crippen molar-refractivity contribution in [2.75, 3.05) is 72.7 Å². The minimum atomic E-state index is -3.39. The Morgan fingerprint density at radius 3 is 1.09 bits per heavy atom. The first kappa shape index (κ1) is 57.0. The van der Waals surface area contributed by atoms with Gasteiger partial charge in [0.2, 0.25) is 0 Å². The van der Waals surface area contributed by atoms with Crippen LogP contribution in [0.25, 0.3) is 33.5 Å². The van der Waals surface area contributed by atoms with Crippen molar-refractivity contribution < 1.29 is 101 Å². The molecule has 36 heteroatoms. The Morgan fingerprint density at radius 1 is 0.463 bits per heavy atom. The van der Waals surface area contributed by atoms with Crippen molar-refractivity contribution in [2.45, 2.75) is 224 Å². The van der Waals surface area contributed by atoms with E-state index < -0.39 is 190 Å². The van der Waals surface area contributed by atoms with Crippen LogP contribution < -0.4 is 16.0 Å². The number of hydrogen-bond acceptors (Lipinski definition) is 30. The summed E-state index contributed by atoms with van der Waals surface area (Å²) in [5, 5.41) is 127. The van der Waals surface area contributed by atoms with Gasteiger partial charge in [0.25, 0.3) is 0 Å². The largest absolute Gasteiger partial charge is 0.394 e. The molecule has 30 nitrogen and oxygen atoms in total. The van der Waals surface area contributed by atoms with E-state index in [-0.39, 0.29) is 158 Å². The van der Waals surface area contributed by atoms with Crippen molar-refractivity contribution >= 4 is 86.2 Å². The zero-order chi connectivity index (χ0) is 94.0. The molecule has 3 aromatic carbocycles. The third-order valence-corrected chi connectivity index (χ3v) is 21.8. The number of hydrogen-bond donors (Lipinski definition) is 12. The number of halogens is 3. The average Bonchev–Trinajstić information content (AvgIpc) is 1.56. The van der Waals surface area contributed by atoms with Crippen LogP contribution in [0.4, 0.5) is 30.6 Å². The van der Waals surface area contributed by atoms with Crippen LogP contribution >= 0.6 is 35.3 Å².